The maximum atomic E-state index is 12.4. The first-order valence-corrected chi connectivity index (χ1v) is 6.82. The third kappa shape index (κ3) is 2.25. The Morgan fingerprint density at radius 1 is 1.25 bits per heavy atom. The minimum absolute atomic E-state index is 0.0529. The molecule has 3 rings (SSSR count). The van der Waals surface area contributed by atoms with Crippen LogP contribution in [0.3, 0.4) is 0 Å². The number of aromatic amines is 1. The maximum absolute atomic E-state index is 12.4. The number of halogens is 1. The molecule has 1 aliphatic rings. The second kappa shape index (κ2) is 5.17. The first-order chi connectivity index (χ1) is 9.69. The lowest BCUT2D eigenvalue weighted by Gasteiger charge is -2.32. The van der Waals surface area contributed by atoms with Crippen molar-refractivity contribution in [2.75, 3.05) is 26.2 Å². The number of nitrogens with zero attached hydrogens (tertiary/aromatic N) is 2. The molecule has 1 aromatic heterocycles. The van der Waals surface area contributed by atoms with Crippen molar-refractivity contribution >= 4 is 34.8 Å². The molecule has 20 heavy (non-hydrogen) atoms. The summed E-state index contributed by atoms with van der Waals surface area (Å²) in [5, 5.41) is 1.48. The maximum Gasteiger partial charge on any atom is 0.270 e. The van der Waals surface area contributed by atoms with Crippen LogP contribution in [-0.4, -0.2) is 53.3 Å². The number of nitrogens with one attached hydrogen (secondary N) is 1. The molecule has 0 aliphatic carbocycles. The summed E-state index contributed by atoms with van der Waals surface area (Å²) in [6.45, 7) is 2.27. The van der Waals surface area contributed by atoms with Gasteiger partial charge in [0.1, 0.15) is 5.69 Å². The highest BCUT2D eigenvalue weighted by Gasteiger charge is 2.22. The van der Waals surface area contributed by atoms with Crippen molar-refractivity contribution < 1.29 is 9.59 Å². The Hall–Kier alpha value is -2.01. The fraction of sp³-hybridized carbons (Fsp3) is 0.286. The molecular weight excluding hydrogens is 278 g/mol. The quantitative estimate of drug-likeness (QED) is 0.857. The molecule has 1 aromatic carbocycles. The van der Waals surface area contributed by atoms with Gasteiger partial charge < -0.3 is 14.8 Å². The average Bonchev–Trinajstić information content (AvgIpc) is 2.92. The van der Waals surface area contributed by atoms with Crippen LogP contribution in [0.2, 0.25) is 5.02 Å². The van der Waals surface area contributed by atoms with E-state index in [1.807, 2.05) is 12.1 Å². The SMILES string of the molecule is O=CN1CCN(C(=O)c2cc3c(Cl)cccc3[nH]2)CC1. The van der Waals surface area contributed by atoms with Gasteiger partial charge in [-0.25, -0.2) is 0 Å². The number of hydrogen-bond acceptors (Lipinski definition) is 2. The summed E-state index contributed by atoms with van der Waals surface area (Å²) in [6, 6.07) is 7.32. The smallest absolute Gasteiger partial charge is 0.270 e. The van der Waals surface area contributed by atoms with Gasteiger partial charge in [-0.2, -0.15) is 0 Å². The summed E-state index contributed by atoms with van der Waals surface area (Å²) in [5.41, 5.74) is 1.39. The highest BCUT2D eigenvalue weighted by atomic mass is 35.5. The van der Waals surface area contributed by atoms with Crippen LogP contribution < -0.4 is 0 Å². The minimum Gasteiger partial charge on any atom is -0.350 e. The summed E-state index contributed by atoms with van der Waals surface area (Å²) in [7, 11) is 0. The second-order valence-corrected chi connectivity index (χ2v) is 5.22. The summed E-state index contributed by atoms with van der Waals surface area (Å²) in [5.74, 6) is -0.0529. The van der Waals surface area contributed by atoms with Crippen molar-refractivity contribution in [2.24, 2.45) is 0 Å². The lowest BCUT2D eigenvalue weighted by molar-refractivity contribution is -0.119. The molecule has 1 saturated heterocycles. The number of aromatic nitrogens is 1. The third-order valence-electron chi connectivity index (χ3n) is 3.59. The Kier molecular flexibility index (Phi) is 3.36. The Morgan fingerprint density at radius 3 is 2.65 bits per heavy atom. The number of amides is 2. The van der Waals surface area contributed by atoms with Crippen LogP contribution in [0.4, 0.5) is 0 Å². The average molecular weight is 292 g/mol. The third-order valence-corrected chi connectivity index (χ3v) is 3.92. The largest absolute Gasteiger partial charge is 0.350 e. The van der Waals surface area contributed by atoms with E-state index in [9.17, 15) is 9.59 Å². The molecule has 1 N–H and O–H groups in total. The van der Waals surface area contributed by atoms with Gasteiger partial charge in [0.2, 0.25) is 6.41 Å². The number of carbonyl (C=O) groups excluding carboxylic acids is 2. The van der Waals surface area contributed by atoms with E-state index in [1.165, 1.54) is 0 Å². The Labute approximate surface area is 121 Å². The zero-order chi connectivity index (χ0) is 14.1. The van der Waals surface area contributed by atoms with E-state index in [-0.39, 0.29) is 5.91 Å². The predicted molar refractivity (Wildman–Crippen MR) is 76.8 cm³/mol. The molecule has 2 aromatic rings. The molecule has 1 fully saturated rings. The standard InChI is InChI=1S/C14H14ClN3O2/c15-11-2-1-3-12-10(11)8-13(16-12)14(20)18-6-4-17(9-19)5-7-18/h1-3,8-9,16H,4-7H2. The number of benzene rings is 1. The van der Waals surface area contributed by atoms with Crippen LogP contribution in [-0.2, 0) is 4.79 Å². The molecule has 0 saturated carbocycles. The Bertz CT molecular complexity index is 659. The molecule has 0 radical (unpaired) electrons. The molecule has 0 spiro atoms. The number of piperazine rings is 1. The second-order valence-electron chi connectivity index (χ2n) is 4.82. The summed E-state index contributed by atoms with van der Waals surface area (Å²) >= 11 is 6.11. The number of fused-ring (bicyclic) bond motifs is 1. The molecule has 0 bridgehead atoms. The van der Waals surface area contributed by atoms with Crippen molar-refractivity contribution in [3.63, 3.8) is 0 Å². The van der Waals surface area contributed by atoms with Crippen LogP contribution in [0.15, 0.2) is 24.3 Å². The van der Waals surface area contributed by atoms with Crippen LogP contribution in [0.25, 0.3) is 10.9 Å². The summed E-state index contributed by atoms with van der Waals surface area (Å²) in [6.07, 6.45) is 0.824. The van der Waals surface area contributed by atoms with E-state index < -0.39 is 0 Å². The number of rotatable bonds is 2. The fourth-order valence-corrected chi connectivity index (χ4v) is 2.66. The molecule has 0 unspecified atom stereocenters. The normalized spacial score (nSPS) is 15.7. The van der Waals surface area contributed by atoms with Crippen molar-refractivity contribution in [1.82, 2.24) is 14.8 Å². The van der Waals surface area contributed by atoms with E-state index in [0.717, 1.165) is 17.3 Å². The van der Waals surface area contributed by atoms with Gasteiger partial charge in [0.05, 0.1) is 0 Å². The van der Waals surface area contributed by atoms with Crippen molar-refractivity contribution in [2.45, 2.75) is 0 Å². The lowest BCUT2D eigenvalue weighted by Crippen LogP contribution is -2.48. The van der Waals surface area contributed by atoms with Crippen LogP contribution >= 0.6 is 11.6 Å². The van der Waals surface area contributed by atoms with Gasteiger partial charge in [0.25, 0.3) is 5.91 Å². The Morgan fingerprint density at radius 2 is 2.00 bits per heavy atom. The van der Waals surface area contributed by atoms with Crippen LogP contribution in [0, 0.1) is 0 Å². The van der Waals surface area contributed by atoms with Crippen LogP contribution in [0.1, 0.15) is 10.5 Å². The van der Waals surface area contributed by atoms with Crippen molar-refractivity contribution in [3.8, 4) is 0 Å². The van der Waals surface area contributed by atoms with Gasteiger partial charge in [-0.3, -0.25) is 9.59 Å². The van der Waals surface area contributed by atoms with Gasteiger partial charge in [-0.05, 0) is 18.2 Å². The topological polar surface area (TPSA) is 56.4 Å². The lowest BCUT2D eigenvalue weighted by atomic mass is 10.2. The monoisotopic (exact) mass is 291 g/mol. The minimum atomic E-state index is -0.0529. The van der Waals surface area contributed by atoms with Gasteiger partial charge >= 0.3 is 0 Å². The zero-order valence-electron chi connectivity index (χ0n) is 10.8. The molecule has 2 amide bonds. The summed E-state index contributed by atoms with van der Waals surface area (Å²) < 4.78 is 0. The summed E-state index contributed by atoms with van der Waals surface area (Å²) in [4.78, 5) is 29.6. The molecule has 0 atom stereocenters. The zero-order valence-corrected chi connectivity index (χ0v) is 11.6. The van der Waals surface area contributed by atoms with Gasteiger partial charge in [-0.15, -0.1) is 0 Å². The first-order valence-electron chi connectivity index (χ1n) is 6.45. The van der Waals surface area contributed by atoms with Gasteiger partial charge in [-0.1, -0.05) is 17.7 Å². The molecule has 5 nitrogen and oxygen atoms in total. The van der Waals surface area contributed by atoms with E-state index in [4.69, 9.17) is 11.6 Å². The van der Waals surface area contributed by atoms with Crippen molar-refractivity contribution in [1.29, 1.82) is 0 Å². The van der Waals surface area contributed by atoms with E-state index in [1.54, 1.807) is 21.9 Å². The first kappa shape index (κ1) is 13.0. The highest BCUT2D eigenvalue weighted by Crippen LogP contribution is 2.24. The number of carbonyl (C=O) groups is 2. The number of hydrogen-bond donors (Lipinski definition) is 1. The fourth-order valence-electron chi connectivity index (χ4n) is 2.43. The molecule has 104 valence electrons. The highest BCUT2D eigenvalue weighted by molar-refractivity contribution is 6.35. The van der Waals surface area contributed by atoms with E-state index in [0.29, 0.717) is 36.9 Å². The van der Waals surface area contributed by atoms with Gasteiger partial charge in [0, 0.05) is 42.1 Å². The Balaban J connectivity index is 1.82. The molecule has 2 heterocycles. The molecule has 6 heteroatoms. The van der Waals surface area contributed by atoms with Crippen LogP contribution in [0.5, 0.6) is 0 Å². The predicted octanol–water partition coefficient (Wildman–Crippen LogP) is 1.74. The van der Waals surface area contributed by atoms with Gasteiger partial charge in [0.15, 0.2) is 0 Å². The van der Waals surface area contributed by atoms with E-state index in [2.05, 4.69) is 4.98 Å². The molecular formula is C14H14ClN3O2. The molecule has 1 aliphatic heterocycles. The number of H-pyrrole nitrogens is 1. The van der Waals surface area contributed by atoms with Crippen molar-refractivity contribution in [3.05, 3.63) is 35.0 Å². The van der Waals surface area contributed by atoms with E-state index >= 15 is 0 Å².